The number of carbonyl (C=O) groups excluding carboxylic acids is 1. The number of amides is 1. The van der Waals surface area contributed by atoms with Gasteiger partial charge in [0.2, 0.25) is 5.91 Å². The van der Waals surface area contributed by atoms with E-state index in [9.17, 15) is 4.79 Å². The van der Waals surface area contributed by atoms with Gasteiger partial charge in [0.25, 0.3) is 0 Å². The zero-order valence-electron chi connectivity index (χ0n) is 9.81. The smallest absolute Gasteiger partial charge is 0.220 e. The Labute approximate surface area is 87.9 Å². The average molecular weight is 200 g/mol. The molecule has 3 nitrogen and oxygen atoms in total. The van der Waals surface area contributed by atoms with Crippen LogP contribution in [0.2, 0.25) is 0 Å². The normalized spacial score (nSPS) is 10.6. The predicted octanol–water partition coefficient (Wildman–Crippen LogP) is 1.63. The van der Waals surface area contributed by atoms with E-state index in [1.54, 1.807) is 0 Å². The molecule has 0 aromatic carbocycles. The first-order valence-electron chi connectivity index (χ1n) is 5.58. The molecule has 0 radical (unpaired) electrons. The molecule has 0 aliphatic heterocycles. The molecule has 0 aliphatic rings. The van der Waals surface area contributed by atoms with Crippen LogP contribution in [0.25, 0.3) is 0 Å². The van der Waals surface area contributed by atoms with Gasteiger partial charge < -0.3 is 10.2 Å². The molecule has 1 amide bonds. The Morgan fingerprint density at radius 1 is 1.21 bits per heavy atom. The molecular formula is C11H24N2O. The fourth-order valence-electron chi connectivity index (χ4n) is 1.22. The lowest BCUT2D eigenvalue weighted by atomic mass is 10.1. The van der Waals surface area contributed by atoms with Gasteiger partial charge in [-0.05, 0) is 20.5 Å². The molecule has 0 saturated heterocycles. The van der Waals surface area contributed by atoms with Crippen molar-refractivity contribution in [1.82, 2.24) is 10.2 Å². The molecule has 0 fully saturated rings. The fourth-order valence-corrected chi connectivity index (χ4v) is 1.22. The van der Waals surface area contributed by atoms with Crippen molar-refractivity contribution < 1.29 is 4.79 Å². The van der Waals surface area contributed by atoms with Crippen LogP contribution in [0.3, 0.4) is 0 Å². The van der Waals surface area contributed by atoms with E-state index >= 15 is 0 Å². The fraction of sp³-hybridized carbons (Fsp3) is 0.909. The quantitative estimate of drug-likeness (QED) is 0.604. The number of hydrogen-bond donors (Lipinski definition) is 1. The van der Waals surface area contributed by atoms with Gasteiger partial charge in [-0.15, -0.1) is 0 Å². The molecule has 14 heavy (non-hydrogen) atoms. The van der Waals surface area contributed by atoms with Gasteiger partial charge in [0, 0.05) is 19.5 Å². The van der Waals surface area contributed by atoms with Crippen LogP contribution in [0.1, 0.15) is 39.0 Å². The van der Waals surface area contributed by atoms with E-state index in [2.05, 4.69) is 17.1 Å². The molecule has 1 N–H and O–H groups in total. The first-order chi connectivity index (χ1) is 6.66. The van der Waals surface area contributed by atoms with Gasteiger partial charge in [0.05, 0.1) is 0 Å². The predicted molar refractivity (Wildman–Crippen MR) is 60.3 cm³/mol. The highest BCUT2D eigenvalue weighted by Gasteiger charge is 1.99. The van der Waals surface area contributed by atoms with E-state index in [0.29, 0.717) is 6.42 Å². The second kappa shape index (κ2) is 9.00. The van der Waals surface area contributed by atoms with Gasteiger partial charge in [-0.2, -0.15) is 0 Å². The van der Waals surface area contributed by atoms with Crippen LogP contribution in [0.4, 0.5) is 0 Å². The van der Waals surface area contributed by atoms with Crippen molar-refractivity contribution in [3.63, 3.8) is 0 Å². The van der Waals surface area contributed by atoms with Crippen LogP contribution >= 0.6 is 0 Å². The Morgan fingerprint density at radius 3 is 2.50 bits per heavy atom. The monoisotopic (exact) mass is 200 g/mol. The number of rotatable bonds is 8. The Kier molecular flexibility index (Phi) is 8.64. The standard InChI is InChI=1S/C11H24N2O/c1-4-5-6-7-8-11(14)12-9-10-13(2)3/h4-10H2,1-3H3,(H,12,14). The summed E-state index contributed by atoms with van der Waals surface area (Å²) >= 11 is 0. The highest BCUT2D eigenvalue weighted by molar-refractivity contribution is 5.75. The van der Waals surface area contributed by atoms with Crippen molar-refractivity contribution in [3.8, 4) is 0 Å². The van der Waals surface area contributed by atoms with Gasteiger partial charge in [0.1, 0.15) is 0 Å². The van der Waals surface area contributed by atoms with Gasteiger partial charge in [0.15, 0.2) is 0 Å². The van der Waals surface area contributed by atoms with Crippen LogP contribution < -0.4 is 5.32 Å². The van der Waals surface area contributed by atoms with E-state index in [1.807, 2.05) is 14.1 Å². The summed E-state index contributed by atoms with van der Waals surface area (Å²) in [6.07, 6.45) is 5.36. The molecular weight excluding hydrogens is 176 g/mol. The average Bonchev–Trinajstić information content (AvgIpc) is 2.12. The number of unbranched alkanes of at least 4 members (excludes halogenated alkanes) is 3. The molecule has 0 spiro atoms. The van der Waals surface area contributed by atoms with E-state index < -0.39 is 0 Å². The summed E-state index contributed by atoms with van der Waals surface area (Å²) in [5.74, 6) is 0.197. The minimum absolute atomic E-state index is 0.197. The maximum Gasteiger partial charge on any atom is 0.220 e. The van der Waals surface area contributed by atoms with Crippen molar-refractivity contribution in [1.29, 1.82) is 0 Å². The number of nitrogens with one attached hydrogen (secondary N) is 1. The Balaban J connectivity index is 3.20. The first-order valence-corrected chi connectivity index (χ1v) is 5.58. The van der Waals surface area contributed by atoms with Crippen molar-refractivity contribution in [2.75, 3.05) is 27.2 Å². The third-order valence-corrected chi connectivity index (χ3v) is 2.14. The van der Waals surface area contributed by atoms with E-state index in [-0.39, 0.29) is 5.91 Å². The number of likely N-dealkylation sites (N-methyl/N-ethyl adjacent to an activating group) is 1. The Morgan fingerprint density at radius 2 is 1.93 bits per heavy atom. The third-order valence-electron chi connectivity index (χ3n) is 2.14. The van der Waals surface area contributed by atoms with E-state index in [0.717, 1.165) is 19.5 Å². The van der Waals surface area contributed by atoms with Crippen molar-refractivity contribution in [3.05, 3.63) is 0 Å². The summed E-state index contributed by atoms with van der Waals surface area (Å²) in [5, 5.41) is 2.91. The highest BCUT2D eigenvalue weighted by Crippen LogP contribution is 2.01. The second-order valence-electron chi connectivity index (χ2n) is 3.96. The molecule has 0 bridgehead atoms. The number of nitrogens with zero attached hydrogens (tertiary/aromatic N) is 1. The van der Waals surface area contributed by atoms with E-state index in [1.165, 1.54) is 19.3 Å². The highest BCUT2D eigenvalue weighted by atomic mass is 16.1. The van der Waals surface area contributed by atoms with Crippen molar-refractivity contribution in [2.45, 2.75) is 39.0 Å². The minimum Gasteiger partial charge on any atom is -0.355 e. The van der Waals surface area contributed by atoms with Gasteiger partial charge in [-0.3, -0.25) is 4.79 Å². The summed E-state index contributed by atoms with van der Waals surface area (Å²) in [6.45, 7) is 3.86. The summed E-state index contributed by atoms with van der Waals surface area (Å²) in [7, 11) is 4.01. The van der Waals surface area contributed by atoms with Crippen molar-refractivity contribution >= 4 is 5.91 Å². The second-order valence-corrected chi connectivity index (χ2v) is 3.96. The molecule has 3 heteroatoms. The van der Waals surface area contributed by atoms with Crippen LogP contribution in [0.5, 0.6) is 0 Å². The first kappa shape index (κ1) is 13.4. The van der Waals surface area contributed by atoms with Crippen LogP contribution in [0.15, 0.2) is 0 Å². The molecule has 0 unspecified atom stereocenters. The molecule has 0 aliphatic carbocycles. The molecule has 0 atom stereocenters. The Hall–Kier alpha value is -0.570. The Bertz CT molecular complexity index is 146. The number of carbonyl (C=O) groups is 1. The largest absolute Gasteiger partial charge is 0.355 e. The topological polar surface area (TPSA) is 32.3 Å². The number of hydrogen-bond acceptors (Lipinski definition) is 2. The molecule has 0 aromatic rings. The summed E-state index contributed by atoms with van der Waals surface area (Å²) in [4.78, 5) is 13.3. The maximum atomic E-state index is 11.3. The van der Waals surface area contributed by atoms with Gasteiger partial charge in [-0.25, -0.2) is 0 Å². The zero-order valence-corrected chi connectivity index (χ0v) is 9.81. The van der Waals surface area contributed by atoms with Gasteiger partial charge in [-0.1, -0.05) is 26.2 Å². The zero-order chi connectivity index (χ0) is 10.8. The molecule has 0 saturated carbocycles. The third kappa shape index (κ3) is 9.52. The summed E-state index contributed by atoms with van der Waals surface area (Å²) in [6, 6.07) is 0. The van der Waals surface area contributed by atoms with Crippen LogP contribution in [0, 0.1) is 0 Å². The molecule has 0 rings (SSSR count). The summed E-state index contributed by atoms with van der Waals surface area (Å²) in [5.41, 5.74) is 0. The van der Waals surface area contributed by atoms with Crippen molar-refractivity contribution in [2.24, 2.45) is 0 Å². The molecule has 84 valence electrons. The minimum atomic E-state index is 0.197. The lowest BCUT2D eigenvalue weighted by molar-refractivity contribution is -0.121. The van der Waals surface area contributed by atoms with Gasteiger partial charge >= 0.3 is 0 Å². The SMILES string of the molecule is CCCCCCC(=O)NCCN(C)C. The molecule has 0 heterocycles. The maximum absolute atomic E-state index is 11.3. The lowest BCUT2D eigenvalue weighted by Crippen LogP contribution is -2.31. The lowest BCUT2D eigenvalue weighted by Gasteiger charge is -2.10. The van der Waals surface area contributed by atoms with Crippen LogP contribution in [-0.2, 0) is 4.79 Å². The van der Waals surface area contributed by atoms with Crippen LogP contribution in [-0.4, -0.2) is 38.0 Å². The van der Waals surface area contributed by atoms with E-state index in [4.69, 9.17) is 0 Å². The summed E-state index contributed by atoms with van der Waals surface area (Å²) < 4.78 is 0. The molecule has 0 aromatic heterocycles.